The Morgan fingerprint density at radius 1 is 1.15 bits per heavy atom. The molecule has 2 aliphatic heterocycles. The summed E-state index contributed by atoms with van der Waals surface area (Å²) in [6.07, 6.45) is 2.92. The van der Waals surface area contributed by atoms with Gasteiger partial charge in [-0.25, -0.2) is 14.8 Å². The molecule has 1 aliphatic carbocycles. The fourth-order valence-corrected chi connectivity index (χ4v) is 6.25. The van der Waals surface area contributed by atoms with Crippen molar-refractivity contribution < 1.29 is 19.2 Å². The number of fused-ring (bicyclic) bond motifs is 4. The molecular weight excluding hydrogens is 536 g/mol. The number of nitrogens with one attached hydrogen (secondary N) is 1. The van der Waals surface area contributed by atoms with Crippen molar-refractivity contribution in [2.45, 2.75) is 63.5 Å². The maximum atomic E-state index is 13.7. The molecule has 3 aliphatic rings. The minimum atomic E-state index is -1.20. The molecule has 11 nitrogen and oxygen atoms in total. The van der Waals surface area contributed by atoms with Gasteiger partial charge in [0.2, 0.25) is 5.89 Å². The largest absolute Gasteiger partial charge is 0.476 e. The van der Waals surface area contributed by atoms with Gasteiger partial charge in [-0.2, -0.15) is 4.98 Å². The number of carboxylic acids is 1. The number of nitrogens with zero attached hydrogens (tertiary/aromatic N) is 5. The Kier molecular flexibility index (Phi) is 6.19. The lowest BCUT2D eigenvalue weighted by Crippen LogP contribution is -2.53. The molecule has 12 heteroatoms. The number of aryl methyl sites for hydroxylation is 2. The van der Waals surface area contributed by atoms with Crippen LogP contribution in [-0.2, 0) is 22.8 Å². The van der Waals surface area contributed by atoms with E-state index in [2.05, 4.69) is 20.4 Å². The van der Waals surface area contributed by atoms with Crippen LogP contribution in [0, 0.1) is 13.8 Å². The highest BCUT2D eigenvalue weighted by molar-refractivity contribution is 6.29. The number of halogens is 1. The van der Waals surface area contributed by atoms with E-state index in [1.807, 2.05) is 26.0 Å². The molecule has 2 N–H and O–H groups in total. The van der Waals surface area contributed by atoms with E-state index in [1.54, 1.807) is 24.6 Å². The summed E-state index contributed by atoms with van der Waals surface area (Å²) in [7, 11) is 1.74. The number of pyridine rings is 1. The number of hydrogen-bond acceptors (Lipinski definition) is 9. The molecule has 7 rings (SSSR count). The van der Waals surface area contributed by atoms with Crippen molar-refractivity contribution in [3.63, 3.8) is 0 Å². The van der Waals surface area contributed by atoms with Gasteiger partial charge < -0.3 is 19.7 Å². The van der Waals surface area contributed by atoms with E-state index >= 15 is 0 Å². The van der Waals surface area contributed by atoms with Crippen LogP contribution in [0.25, 0.3) is 10.9 Å². The predicted octanol–water partition coefficient (Wildman–Crippen LogP) is 4.59. The van der Waals surface area contributed by atoms with Gasteiger partial charge in [-0.3, -0.25) is 9.36 Å². The molecule has 0 radical (unpaired) electrons. The first-order chi connectivity index (χ1) is 19.0. The molecular formula is C28H29ClN6O5. The molecule has 0 unspecified atom stereocenters. The van der Waals surface area contributed by atoms with Gasteiger partial charge in [0, 0.05) is 19.5 Å². The summed E-state index contributed by atoms with van der Waals surface area (Å²) < 4.78 is 13.4. The van der Waals surface area contributed by atoms with E-state index < -0.39 is 17.6 Å². The molecule has 3 aromatic heterocycles. The lowest BCUT2D eigenvalue weighted by molar-refractivity contribution is -0.171. The van der Waals surface area contributed by atoms with Gasteiger partial charge >= 0.3 is 5.97 Å². The molecule has 1 atom stereocenters. The highest BCUT2D eigenvalue weighted by Crippen LogP contribution is 2.53. The number of aromatic carboxylic acids is 1. The third-order valence-corrected chi connectivity index (χ3v) is 8.52. The van der Waals surface area contributed by atoms with Crippen LogP contribution in [0.3, 0.4) is 0 Å². The fourth-order valence-electron chi connectivity index (χ4n) is 6.10. The van der Waals surface area contributed by atoms with E-state index in [1.165, 1.54) is 6.07 Å². The first-order valence-corrected chi connectivity index (χ1v) is 13.5. The SMILES string of the molecule is Cc1cc([C@@H](C)Nc2ccc(Cl)nc2C(=O)O)c2nc(C34CCC(c5noc(C)n5)(CC3)CO4)n(C)c(=O)c2c1. The molecule has 0 amide bonds. The predicted molar refractivity (Wildman–Crippen MR) is 147 cm³/mol. The summed E-state index contributed by atoms with van der Waals surface area (Å²) in [6, 6.07) is 6.51. The molecule has 4 aromatic rings. The van der Waals surface area contributed by atoms with Crippen LogP contribution in [0.4, 0.5) is 5.69 Å². The summed E-state index contributed by atoms with van der Waals surface area (Å²) in [6.45, 7) is 6.00. The number of ether oxygens (including phenoxy) is 1. The van der Waals surface area contributed by atoms with Gasteiger partial charge in [-0.15, -0.1) is 0 Å². The van der Waals surface area contributed by atoms with Crippen molar-refractivity contribution in [1.82, 2.24) is 24.7 Å². The standard InChI is InChI=1S/C28H29ClN6O5/c1-14-11-17(15(2)30-19-5-6-20(29)32-22(19)24(37)38)21-18(12-14)23(36)35(4)26(33-21)28-9-7-27(8-10-28,13-39-28)25-31-16(3)40-34-25/h5-6,11-12,15,30H,7-10,13H2,1-4H3,(H,37,38)/t15-,27?,28?/m1/s1. The summed E-state index contributed by atoms with van der Waals surface area (Å²) in [5.41, 5.74) is 1.17. The van der Waals surface area contributed by atoms with Crippen molar-refractivity contribution >= 4 is 34.2 Å². The number of anilines is 1. The third-order valence-electron chi connectivity index (χ3n) is 8.31. The Morgan fingerprint density at radius 2 is 1.90 bits per heavy atom. The second kappa shape index (κ2) is 9.38. The molecule has 1 saturated carbocycles. The quantitative estimate of drug-likeness (QED) is 0.319. The van der Waals surface area contributed by atoms with Gasteiger partial charge in [0.15, 0.2) is 11.5 Å². The summed E-state index contributed by atoms with van der Waals surface area (Å²) in [4.78, 5) is 39.1. The molecule has 5 heterocycles. The Balaban J connectivity index is 1.41. The smallest absolute Gasteiger partial charge is 0.356 e. The minimum absolute atomic E-state index is 0.0871. The van der Waals surface area contributed by atoms with E-state index in [0.29, 0.717) is 53.6 Å². The van der Waals surface area contributed by atoms with Crippen LogP contribution in [0.15, 0.2) is 33.6 Å². The van der Waals surface area contributed by atoms with Crippen LogP contribution in [0.1, 0.15) is 77.8 Å². The van der Waals surface area contributed by atoms with Gasteiger partial charge in [0.25, 0.3) is 5.56 Å². The lowest BCUT2D eigenvalue weighted by Gasteiger charge is -2.51. The first-order valence-electron chi connectivity index (χ1n) is 13.1. The second-order valence-electron chi connectivity index (χ2n) is 11.0. The Morgan fingerprint density at radius 3 is 2.52 bits per heavy atom. The monoisotopic (exact) mass is 564 g/mol. The van der Waals surface area contributed by atoms with Crippen LogP contribution in [-0.4, -0.2) is 42.4 Å². The van der Waals surface area contributed by atoms with Crippen molar-refractivity contribution in [3.05, 3.63) is 74.1 Å². The molecule has 2 saturated heterocycles. The lowest BCUT2D eigenvalue weighted by atomic mass is 9.65. The van der Waals surface area contributed by atoms with Crippen LogP contribution >= 0.6 is 11.6 Å². The maximum absolute atomic E-state index is 13.7. The third kappa shape index (κ3) is 4.15. The zero-order chi connectivity index (χ0) is 28.4. The number of rotatable bonds is 6. The number of benzene rings is 1. The minimum Gasteiger partial charge on any atom is -0.476 e. The molecule has 0 spiro atoms. The van der Waals surface area contributed by atoms with E-state index in [-0.39, 0.29) is 21.8 Å². The molecule has 3 fully saturated rings. The fraction of sp³-hybridized carbons (Fsp3) is 0.429. The average Bonchev–Trinajstić information content (AvgIpc) is 3.39. The first kappa shape index (κ1) is 26.4. The van der Waals surface area contributed by atoms with Crippen LogP contribution in [0.5, 0.6) is 0 Å². The highest BCUT2D eigenvalue weighted by atomic mass is 35.5. The topological polar surface area (TPSA) is 145 Å². The second-order valence-corrected chi connectivity index (χ2v) is 11.3. The van der Waals surface area contributed by atoms with Crippen molar-refractivity contribution in [2.24, 2.45) is 7.05 Å². The van der Waals surface area contributed by atoms with E-state index in [4.69, 9.17) is 25.8 Å². The number of hydrogen-bond donors (Lipinski definition) is 2. The van der Waals surface area contributed by atoms with E-state index in [9.17, 15) is 14.7 Å². The molecule has 208 valence electrons. The Hall–Kier alpha value is -3.83. The summed E-state index contributed by atoms with van der Waals surface area (Å²) in [5, 5.41) is 17.6. The van der Waals surface area contributed by atoms with Gasteiger partial charge in [-0.1, -0.05) is 22.8 Å². The van der Waals surface area contributed by atoms with Crippen LogP contribution < -0.4 is 10.9 Å². The van der Waals surface area contributed by atoms with Gasteiger partial charge in [0.05, 0.1) is 34.7 Å². The van der Waals surface area contributed by atoms with E-state index in [0.717, 1.165) is 24.0 Å². The zero-order valence-corrected chi connectivity index (χ0v) is 23.4. The molecule has 2 bridgehead atoms. The van der Waals surface area contributed by atoms with Crippen LogP contribution in [0.2, 0.25) is 5.15 Å². The normalized spacial score (nSPS) is 22.9. The summed E-state index contributed by atoms with van der Waals surface area (Å²) >= 11 is 5.94. The van der Waals surface area contributed by atoms with Gasteiger partial charge in [0.1, 0.15) is 16.6 Å². The molecule has 40 heavy (non-hydrogen) atoms. The van der Waals surface area contributed by atoms with Crippen molar-refractivity contribution in [2.75, 3.05) is 11.9 Å². The van der Waals surface area contributed by atoms with Gasteiger partial charge in [-0.05, 0) is 63.3 Å². The van der Waals surface area contributed by atoms with Crippen molar-refractivity contribution in [3.8, 4) is 0 Å². The Bertz CT molecular complexity index is 1710. The summed E-state index contributed by atoms with van der Waals surface area (Å²) in [5.74, 6) is 0.590. The zero-order valence-electron chi connectivity index (χ0n) is 22.6. The maximum Gasteiger partial charge on any atom is 0.356 e. The highest BCUT2D eigenvalue weighted by Gasteiger charge is 2.55. The number of carboxylic acid groups (broad SMARTS) is 1. The van der Waals surface area contributed by atoms with Crippen molar-refractivity contribution in [1.29, 1.82) is 0 Å². The average molecular weight is 565 g/mol. The molecule has 1 aromatic carbocycles. The number of aromatic nitrogens is 5. The Labute approximate surface area is 234 Å². The number of carbonyl (C=O) groups is 1.